The zero-order valence-corrected chi connectivity index (χ0v) is 15.2. The molecule has 1 aromatic rings. The number of likely N-dealkylation sites (tertiary alicyclic amines) is 1. The first kappa shape index (κ1) is 18.7. The van der Waals surface area contributed by atoms with E-state index in [0.717, 1.165) is 31.8 Å². The third-order valence-corrected chi connectivity index (χ3v) is 3.70. The number of hydrogen-bond acceptors (Lipinski definition) is 3. The Morgan fingerprint density at radius 3 is 2.86 bits per heavy atom. The summed E-state index contributed by atoms with van der Waals surface area (Å²) in [5.41, 5.74) is 6.53. The average Bonchev–Trinajstić information content (AvgIpc) is 2.52. The molecule has 0 aliphatic carbocycles. The van der Waals surface area contributed by atoms with Crippen LogP contribution < -0.4 is 11.1 Å². The predicted octanol–water partition coefficient (Wildman–Crippen LogP) is 1.48. The number of carbonyl (C=O) groups is 1. The molecule has 6 nitrogen and oxygen atoms in total. The fraction of sp³-hybridized carbons (Fsp3) is 0.533. The smallest absolute Gasteiger partial charge is 0.252 e. The van der Waals surface area contributed by atoms with Gasteiger partial charge in [0.2, 0.25) is 0 Å². The van der Waals surface area contributed by atoms with Crippen LogP contribution in [0.3, 0.4) is 0 Å². The summed E-state index contributed by atoms with van der Waals surface area (Å²) in [5, 5.41) is 2.80. The predicted molar refractivity (Wildman–Crippen MR) is 98.4 cm³/mol. The van der Waals surface area contributed by atoms with E-state index in [1.807, 2.05) is 0 Å². The van der Waals surface area contributed by atoms with Crippen LogP contribution in [0, 0.1) is 5.92 Å². The van der Waals surface area contributed by atoms with Crippen LogP contribution in [-0.4, -0.2) is 47.9 Å². The molecule has 1 fully saturated rings. The van der Waals surface area contributed by atoms with Crippen molar-refractivity contribution in [3.63, 3.8) is 0 Å². The van der Waals surface area contributed by atoms with Gasteiger partial charge in [-0.1, -0.05) is 6.92 Å². The van der Waals surface area contributed by atoms with Gasteiger partial charge in [-0.05, 0) is 30.9 Å². The summed E-state index contributed by atoms with van der Waals surface area (Å²) in [4.78, 5) is 22.1. The fourth-order valence-electron chi connectivity index (χ4n) is 2.28. The Kier molecular flexibility index (Phi) is 8.15. The highest BCUT2D eigenvalue weighted by molar-refractivity contribution is 14.0. The number of guanidine groups is 1. The van der Waals surface area contributed by atoms with Gasteiger partial charge in [0.15, 0.2) is 5.96 Å². The highest BCUT2D eigenvalue weighted by Crippen LogP contribution is 2.15. The Hall–Kier alpha value is -1.38. The quantitative estimate of drug-likeness (QED) is 0.337. The van der Waals surface area contributed by atoms with Crippen LogP contribution in [0.5, 0.6) is 0 Å². The Labute approximate surface area is 148 Å². The SMILES string of the molecule is CC1CCN(C(N)=NCCNC(=O)c2cccnc2)CC1.I. The first-order valence-corrected chi connectivity index (χ1v) is 7.40. The van der Waals surface area contributed by atoms with Gasteiger partial charge in [-0.15, -0.1) is 24.0 Å². The van der Waals surface area contributed by atoms with E-state index in [1.54, 1.807) is 24.5 Å². The summed E-state index contributed by atoms with van der Waals surface area (Å²) in [6.45, 7) is 5.16. The number of carbonyl (C=O) groups excluding carboxylic acids is 1. The highest BCUT2D eigenvalue weighted by Gasteiger charge is 2.16. The van der Waals surface area contributed by atoms with Gasteiger partial charge in [0.1, 0.15) is 0 Å². The van der Waals surface area contributed by atoms with Gasteiger partial charge in [0.25, 0.3) is 5.91 Å². The van der Waals surface area contributed by atoms with Crippen molar-refractivity contribution in [2.24, 2.45) is 16.6 Å². The first-order valence-electron chi connectivity index (χ1n) is 7.40. The van der Waals surface area contributed by atoms with Crippen molar-refractivity contribution in [2.75, 3.05) is 26.2 Å². The van der Waals surface area contributed by atoms with E-state index in [2.05, 4.69) is 27.1 Å². The molecule has 0 spiro atoms. The van der Waals surface area contributed by atoms with Gasteiger partial charge in [0.05, 0.1) is 12.1 Å². The van der Waals surface area contributed by atoms with E-state index in [0.29, 0.717) is 24.6 Å². The molecule has 1 aliphatic rings. The molecule has 1 aliphatic heterocycles. The lowest BCUT2D eigenvalue weighted by atomic mass is 10.00. The van der Waals surface area contributed by atoms with Gasteiger partial charge in [-0.25, -0.2) is 0 Å². The molecule has 2 rings (SSSR count). The minimum atomic E-state index is -0.135. The molecule has 1 saturated heterocycles. The van der Waals surface area contributed by atoms with Crippen LogP contribution >= 0.6 is 24.0 Å². The minimum absolute atomic E-state index is 0. The van der Waals surface area contributed by atoms with Crippen molar-refractivity contribution in [3.8, 4) is 0 Å². The maximum atomic E-state index is 11.8. The molecule has 7 heteroatoms. The summed E-state index contributed by atoms with van der Waals surface area (Å²) < 4.78 is 0. The van der Waals surface area contributed by atoms with Crippen molar-refractivity contribution in [2.45, 2.75) is 19.8 Å². The molecular formula is C15H24IN5O. The molecule has 0 bridgehead atoms. The van der Waals surface area contributed by atoms with Gasteiger partial charge in [-0.3, -0.25) is 14.8 Å². The van der Waals surface area contributed by atoms with Gasteiger partial charge in [0, 0.05) is 32.0 Å². The Balaban J connectivity index is 0.00000242. The molecule has 122 valence electrons. The second-order valence-corrected chi connectivity index (χ2v) is 5.41. The monoisotopic (exact) mass is 417 g/mol. The van der Waals surface area contributed by atoms with Crippen molar-refractivity contribution in [1.29, 1.82) is 0 Å². The number of aliphatic imine (C=N–C) groups is 1. The molecule has 0 atom stereocenters. The number of aromatic nitrogens is 1. The molecule has 1 amide bonds. The number of pyridine rings is 1. The largest absolute Gasteiger partial charge is 0.370 e. The molecular weight excluding hydrogens is 393 g/mol. The van der Waals surface area contributed by atoms with Crippen LogP contribution in [0.2, 0.25) is 0 Å². The van der Waals surface area contributed by atoms with Crippen molar-refractivity contribution in [1.82, 2.24) is 15.2 Å². The van der Waals surface area contributed by atoms with Crippen LogP contribution in [-0.2, 0) is 0 Å². The number of nitrogens with zero attached hydrogens (tertiary/aromatic N) is 3. The normalized spacial score (nSPS) is 16.0. The number of halogens is 1. The average molecular weight is 417 g/mol. The van der Waals surface area contributed by atoms with E-state index in [-0.39, 0.29) is 29.9 Å². The summed E-state index contributed by atoms with van der Waals surface area (Å²) in [5.74, 6) is 1.22. The number of nitrogens with one attached hydrogen (secondary N) is 1. The van der Waals surface area contributed by atoms with Crippen LogP contribution in [0.1, 0.15) is 30.1 Å². The lowest BCUT2D eigenvalue weighted by molar-refractivity contribution is 0.0954. The van der Waals surface area contributed by atoms with E-state index < -0.39 is 0 Å². The van der Waals surface area contributed by atoms with Crippen molar-refractivity contribution >= 4 is 35.8 Å². The number of hydrogen-bond donors (Lipinski definition) is 2. The zero-order valence-electron chi connectivity index (χ0n) is 12.9. The second-order valence-electron chi connectivity index (χ2n) is 5.41. The molecule has 0 saturated carbocycles. The lowest BCUT2D eigenvalue weighted by Gasteiger charge is -2.31. The van der Waals surface area contributed by atoms with Gasteiger partial charge >= 0.3 is 0 Å². The topological polar surface area (TPSA) is 83.6 Å². The van der Waals surface area contributed by atoms with E-state index in [1.165, 1.54) is 0 Å². The van der Waals surface area contributed by atoms with E-state index in [4.69, 9.17) is 5.73 Å². The molecule has 1 aromatic heterocycles. The molecule has 0 radical (unpaired) electrons. The third kappa shape index (κ3) is 5.78. The summed E-state index contributed by atoms with van der Waals surface area (Å²) in [7, 11) is 0. The van der Waals surface area contributed by atoms with Crippen LogP contribution in [0.25, 0.3) is 0 Å². The van der Waals surface area contributed by atoms with Crippen molar-refractivity contribution in [3.05, 3.63) is 30.1 Å². The maximum absolute atomic E-state index is 11.8. The fourth-order valence-corrected chi connectivity index (χ4v) is 2.28. The second kappa shape index (κ2) is 9.60. The number of amides is 1. The van der Waals surface area contributed by atoms with Gasteiger partial charge < -0.3 is 16.0 Å². The molecule has 22 heavy (non-hydrogen) atoms. The maximum Gasteiger partial charge on any atom is 0.252 e. The number of rotatable bonds is 4. The van der Waals surface area contributed by atoms with Crippen LogP contribution in [0.4, 0.5) is 0 Å². The third-order valence-electron chi connectivity index (χ3n) is 3.70. The summed E-state index contributed by atoms with van der Waals surface area (Å²) >= 11 is 0. The Bertz CT molecular complexity index is 486. The molecule has 3 N–H and O–H groups in total. The summed E-state index contributed by atoms with van der Waals surface area (Å²) in [6.07, 6.45) is 5.50. The Morgan fingerprint density at radius 1 is 1.50 bits per heavy atom. The highest BCUT2D eigenvalue weighted by atomic mass is 127. The van der Waals surface area contributed by atoms with Crippen LogP contribution in [0.15, 0.2) is 29.5 Å². The summed E-state index contributed by atoms with van der Waals surface area (Å²) in [6, 6.07) is 3.47. The number of piperidine rings is 1. The van der Waals surface area contributed by atoms with E-state index >= 15 is 0 Å². The Morgan fingerprint density at radius 2 is 2.23 bits per heavy atom. The first-order chi connectivity index (χ1) is 10.2. The molecule has 0 unspecified atom stereocenters. The molecule has 2 heterocycles. The number of nitrogens with two attached hydrogens (primary N) is 1. The standard InChI is InChI=1S/C15H23N5O.HI/c1-12-4-9-20(10-5-12)15(16)19-8-7-18-14(21)13-3-2-6-17-11-13;/h2-3,6,11-12H,4-5,7-10H2,1H3,(H2,16,19)(H,18,21);1H. The zero-order chi connectivity index (χ0) is 15.1. The van der Waals surface area contributed by atoms with Crippen molar-refractivity contribution < 1.29 is 4.79 Å². The molecule has 0 aromatic carbocycles. The minimum Gasteiger partial charge on any atom is -0.370 e. The lowest BCUT2D eigenvalue weighted by Crippen LogP contribution is -2.42. The van der Waals surface area contributed by atoms with E-state index in [9.17, 15) is 4.79 Å². The van der Waals surface area contributed by atoms with Gasteiger partial charge in [-0.2, -0.15) is 0 Å².